The molecule has 0 saturated carbocycles. The summed E-state index contributed by atoms with van der Waals surface area (Å²) in [5.41, 5.74) is 3.16. The van der Waals surface area contributed by atoms with Gasteiger partial charge in [-0.15, -0.1) is 0 Å². The van der Waals surface area contributed by atoms with Gasteiger partial charge in [0.25, 0.3) is 11.0 Å². The first-order valence-electron chi connectivity index (χ1n) is 9.88. The number of anilines is 2. The lowest BCUT2D eigenvalue weighted by Gasteiger charge is -2.11. The van der Waals surface area contributed by atoms with E-state index in [0.29, 0.717) is 21.1 Å². The number of benzene rings is 2. The molecule has 0 aliphatic rings. The number of pyridine rings is 2. The van der Waals surface area contributed by atoms with Gasteiger partial charge in [-0.25, -0.2) is 0 Å². The lowest BCUT2D eigenvalue weighted by molar-refractivity contribution is -0.884. The van der Waals surface area contributed by atoms with Crippen LogP contribution in [0.1, 0.15) is 0 Å². The second-order valence-corrected chi connectivity index (χ2v) is 7.95. The van der Waals surface area contributed by atoms with Gasteiger partial charge < -0.3 is 16.0 Å². The summed E-state index contributed by atoms with van der Waals surface area (Å²) in [4.78, 5) is 0. The summed E-state index contributed by atoms with van der Waals surface area (Å²) in [7, 11) is 0. The van der Waals surface area contributed by atoms with Crippen LogP contribution >= 0.6 is 23.2 Å². The highest BCUT2D eigenvalue weighted by molar-refractivity contribution is 6.31. The number of nitrogens with one attached hydrogen (secondary N) is 3. The van der Waals surface area contributed by atoms with E-state index in [2.05, 4.69) is 16.0 Å². The number of nitrogens with zero attached hydrogens (tertiary/aromatic N) is 2. The zero-order valence-electron chi connectivity index (χ0n) is 16.6. The first kappa shape index (κ1) is 21.2. The van der Waals surface area contributed by atoms with Crippen LogP contribution in [0.25, 0.3) is 21.8 Å². The SMILES string of the molecule is O[n+]1ccc(NCCNCCNc2cc[n+](O)c3cc(Cl)ccc23)c2ccc(Cl)cc21. The Morgan fingerprint density at radius 1 is 0.645 bits per heavy atom. The molecule has 0 aliphatic carbocycles. The van der Waals surface area contributed by atoms with Gasteiger partial charge >= 0.3 is 0 Å². The first-order valence-corrected chi connectivity index (χ1v) is 10.6. The van der Waals surface area contributed by atoms with E-state index in [4.69, 9.17) is 23.2 Å². The Morgan fingerprint density at radius 2 is 1.10 bits per heavy atom. The molecule has 4 aromatic rings. The fraction of sp³-hybridized carbons (Fsp3) is 0.182. The topological polar surface area (TPSA) is 84.3 Å². The van der Waals surface area contributed by atoms with E-state index in [1.807, 2.05) is 24.3 Å². The first-order chi connectivity index (χ1) is 15.0. The molecule has 2 aromatic heterocycles. The van der Waals surface area contributed by atoms with E-state index < -0.39 is 0 Å². The van der Waals surface area contributed by atoms with Crippen molar-refractivity contribution in [2.75, 3.05) is 36.8 Å². The molecule has 0 saturated heterocycles. The molecule has 0 radical (unpaired) electrons. The second kappa shape index (κ2) is 9.43. The Bertz CT molecular complexity index is 1140. The van der Waals surface area contributed by atoms with Crippen molar-refractivity contribution >= 4 is 56.4 Å². The summed E-state index contributed by atoms with van der Waals surface area (Å²) in [5.74, 6) is 0. The normalized spacial score (nSPS) is 11.2. The highest BCUT2D eigenvalue weighted by Gasteiger charge is 2.13. The van der Waals surface area contributed by atoms with Crippen molar-refractivity contribution in [1.29, 1.82) is 0 Å². The van der Waals surface area contributed by atoms with Crippen LogP contribution in [0.2, 0.25) is 10.0 Å². The third kappa shape index (κ3) is 4.85. The number of hydrogen-bond acceptors (Lipinski definition) is 5. The maximum Gasteiger partial charge on any atom is 0.268 e. The van der Waals surface area contributed by atoms with E-state index in [0.717, 1.165) is 57.8 Å². The summed E-state index contributed by atoms with van der Waals surface area (Å²) in [6.45, 7) is 2.99. The summed E-state index contributed by atoms with van der Waals surface area (Å²) < 4.78 is 2.13. The van der Waals surface area contributed by atoms with Gasteiger partial charge in [-0.05, 0) is 24.3 Å². The number of aromatic nitrogens is 2. The Morgan fingerprint density at radius 3 is 1.55 bits per heavy atom. The van der Waals surface area contributed by atoms with Gasteiger partial charge in [-0.3, -0.25) is 10.4 Å². The van der Waals surface area contributed by atoms with Crippen molar-refractivity contribution in [2.24, 2.45) is 0 Å². The van der Waals surface area contributed by atoms with Crippen molar-refractivity contribution in [2.45, 2.75) is 0 Å². The summed E-state index contributed by atoms with van der Waals surface area (Å²) in [6.07, 6.45) is 3.18. The van der Waals surface area contributed by atoms with E-state index in [1.54, 1.807) is 36.7 Å². The number of rotatable bonds is 8. The maximum atomic E-state index is 9.97. The van der Waals surface area contributed by atoms with Crippen molar-refractivity contribution in [3.05, 3.63) is 71.0 Å². The van der Waals surface area contributed by atoms with Crippen molar-refractivity contribution in [3.8, 4) is 0 Å². The fourth-order valence-electron chi connectivity index (χ4n) is 3.48. The predicted octanol–water partition coefficient (Wildman–Crippen LogP) is 3.46. The van der Waals surface area contributed by atoms with Crippen LogP contribution in [0.3, 0.4) is 0 Å². The minimum atomic E-state index is 0.574. The van der Waals surface area contributed by atoms with Crippen molar-refractivity contribution < 1.29 is 19.9 Å². The van der Waals surface area contributed by atoms with Crippen LogP contribution in [-0.2, 0) is 0 Å². The zero-order valence-corrected chi connectivity index (χ0v) is 18.2. The molecule has 2 heterocycles. The average molecular weight is 460 g/mol. The molecule has 0 aliphatic heterocycles. The van der Waals surface area contributed by atoms with Crippen LogP contribution in [0.4, 0.5) is 11.4 Å². The third-order valence-corrected chi connectivity index (χ3v) is 5.46. The van der Waals surface area contributed by atoms with Gasteiger partial charge in [0.15, 0.2) is 0 Å². The van der Waals surface area contributed by atoms with Gasteiger partial charge in [-0.1, -0.05) is 23.2 Å². The molecule has 4 rings (SSSR count). The van der Waals surface area contributed by atoms with Gasteiger partial charge in [0.2, 0.25) is 12.4 Å². The molecule has 0 amide bonds. The van der Waals surface area contributed by atoms with Gasteiger partial charge in [0.05, 0.1) is 22.1 Å². The number of halogens is 2. The quantitative estimate of drug-likeness (QED) is 0.158. The van der Waals surface area contributed by atoms with E-state index in [1.165, 1.54) is 0 Å². The molecule has 0 fully saturated rings. The number of fused-ring (bicyclic) bond motifs is 2. The van der Waals surface area contributed by atoms with Crippen molar-refractivity contribution in [3.63, 3.8) is 0 Å². The van der Waals surface area contributed by atoms with Crippen LogP contribution in [0, 0.1) is 0 Å². The maximum absolute atomic E-state index is 9.97. The highest BCUT2D eigenvalue weighted by Crippen LogP contribution is 2.24. The van der Waals surface area contributed by atoms with E-state index in [9.17, 15) is 10.4 Å². The van der Waals surface area contributed by atoms with E-state index in [-0.39, 0.29) is 0 Å². The molecule has 31 heavy (non-hydrogen) atoms. The van der Waals surface area contributed by atoms with Gasteiger partial charge in [-0.2, -0.15) is 0 Å². The van der Waals surface area contributed by atoms with Crippen LogP contribution in [0.15, 0.2) is 60.9 Å². The molecule has 0 unspecified atom stereocenters. The summed E-state index contributed by atoms with van der Waals surface area (Å²) >= 11 is 12.1. The highest BCUT2D eigenvalue weighted by atomic mass is 35.5. The predicted molar refractivity (Wildman–Crippen MR) is 123 cm³/mol. The lowest BCUT2D eigenvalue weighted by atomic mass is 10.2. The van der Waals surface area contributed by atoms with Gasteiger partial charge in [0.1, 0.15) is 0 Å². The fourth-order valence-corrected chi connectivity index (χ4v) is 3.81. The Balaban J connectivity index is 1.27. The Kier molecular flexibility index (Phi) is 6.46. The molecule has 9 heteroatoms. The minimum absolute atomic E-state index is 0.574. The number of hydrogen-bond donors (Lipinski definition) is 5. The standard InChI is InChI=1S/C22H21Cl2N5O2/c23-15-1-3-17-19(5-11-28(30)21(17)13-15)26-9-7-25-8-10-27-20-6-12-29(31)22-14-16(24)2-4-18(20)22/h1-6,11-14,25,30-31H,7-10H2/p+2. The molecule has 2 aromatic carbocycles. The smallest absolute Gasteiger partial charge is 0.268 e. The molecular formula is C22H23Cl2N5O2+2. The molecule has 0 spiro atoms. The molecular weight excluding hydrogens is 437 g/mol. The molecule has 5 N–H and O–H groups in total. The van der Waals surface area contributed by atoms with Crippen molar-refractivity contribution in [1.82, 2.24) is 5.32 Å². The molecule has 0 bridgehead atoms. The second-order valence-electron chi connectivity index (χ2n) is 7.07. The van der Waals surface area contributed by atoms with Crippen LogP contribution in [-0.4, -0.2) is 36.6 Å². The zero-order chi connectivity index (χ0) is 21.8. The minimum Gasteiger partial charge on any atom is -0.383 e. The van der Waals surface area contributed by atoms with Gasteiger partial charge in [0, 0.05) is 70.0 Å². The lowest BCUT2D eigenvalue weighted by Crippen LogP contribution is -2.31. The molecule has 160 valence electrons. The molecule has 0 atom stereocenters. The van der Waals surface area contributed by atoms with Crippen LogP contribution < -0.4 is 25.4 Å². The van der Waals surface area contributed by atoms with E-state index >= 15 is 0 Å². The summed E-state index contributed by atoms with van der Waals surface area (Å²) in [6, 6.07) is 14.5. The molecule has 7 nitrogen and oxygen atoms in total. The Hall–Kier alpha value is -3.00. The summed E-state index contributed by atoms with van der Waals surface area (Å²) in [5, 5.41) is 33.0. The Labute approximate surface area is 189 Å². The monoisotopic (exact) mass is 459 g/mol. The third-order valence-electron chi connectivity index (χ3n) is 4.99. The van der Waals surface area contributed by atoms with Crippen LogP contribution in [0.5, 0.6) is 0 Å². The largest absolute Gasteiger partial charge is 0.383 e. The average Bonchev–Trinajstić information content (AvgIpc) is 2.76.